The molecule has 20 heavy (non-hydrogen) atoms. The molecule has 0 atom stereocenters. The molecule has 3 rings (SSSR count). The van der Waals surface area contributed by atoms with Gasteiger partial charge in [0.15, 0.2) is 17.3 Å². The fraction of sp³-hybridized carbons (Fsp3) is 0.333. The van der Waals surface area contributed by atoms with Gasteiger partial charge in [0.25, 0.3) is 0 Å². The Morgan fingerprint density at radius 3 is 2.95 bits per heavy atom. The second-order valence-corrected chi connectivity index (χ2v) is 4.39. The Balaban J connectivity index is 1.74. The molecule has 0 aliphatic heterocycles. The summed E-state index contributed by atoms with van der Waals surface area (Å²) in [6.45, 7) is 0.701. The van der Waals surface area contributed by atoms with Gasteiger partial charge in [-0.2, -0.15) is 5.10 Å². The zero-order chi connectivity index (χ0) is 13.9. The maximum absolute atomic E-state index is 4.48. The number of hydrogen-bond acceptors (Lipinski definition) is 6. The van der Waals surface area contributed by atoms with E-state index in [0.717, 1.165) is 29.5 Å². The second kappa shape index (κ2) is 5.16. The normalized spacial score (nSPS) is 10.9. The van der Waals surface area contributed by atoms with Gasteiger partial charge >= 0.3 is 0 Å². The van der Waals surface area contributed by atoms with Crippen molar-refractivity contribution in [2.24, 2.45) is 7.05 Å². The molecule has 0 spiro atoms. The minimum atomic E-state index is 0.701. The number of nitrogens with one attached hydrogen (secondary N) is 2. The topological polar surface area (TPSA) is 85.0 Å². The summed E-state index contributed by atoms with van der Waals surface area (Å²) < 4.78 is 3.63. The van der Waals surface area contributed by atoms with Gasteiger partial charge in [-0.3, -0.25) is 4.68 Å². The van der Waals surface area contributed by atoms with E-state index in [1.54, 1.807) is 17.2 Å². The average molecular weight is 272 g/mol. The predicted octanol–water partition coefficient (Wildman–Crippen LogP) is 0.554. The van der Waals surface area contributed by atoms with E-state index < -0.39 is 0 Å². The number of hydrogen-bond donors (Lipinski definition) is 2. The largest absolute Gasteiger partial charge is 0.372 e. The van der Waals surface area contributed by atoms with Gasteiger partial charge in [-0.1, -0.05) is 0 Å². The smallest absolute Gasteiger partial charge is 0.180 e. The van der Waals surface area contributed by atoms with Crippen molar-refractivity contribution >= 4 is 17.3 Å². The van der Waals surface area contributed by atoms with E-state index in [9.17, 15) is 0 Å². The van der Waals surface area contributed by atoms with E-state index >= 15 is 0 Å². The highest BCUT2D eigenvalue weighted by Gasteiger charge is 2.07. The first-order valence-corrected chi connectivity index (χ1v) is 6.36. The summed E-state index contributed by atoms with van der Waals surface area (Å²) in [5, 5.41) is 10.6. The second-order valence-electron chi connectivity index (χ2n) is 4.39. The van der Waals surface area contributed by atoms with Crippen molar-refractivity contribution in [3.63, 3.8) is 0 Å². The van der Waals surface area contributed by atoms with Crippen molar-refractivity contribution in [3.05, 3.63) is 30.7 Å². The first kappa shape index (κ1) is 12.4. The molecule has 0 fully saturated rings. The lowest BCUT2D eigenvalue weighted by Gasteiger charge is -2.08. The number of anilines is 2. The van der Waals surface area contributed by atoms with E-state index in [0.29, 0.717) is 6.54 Å². The van der Waals surface area contributed by atoms with E-state index in [4.69, 9.17) is 0 Å². The highest BCUT2D eigenvalue weighted by molar-refractivity contribution is 5.65. The minimum absolute atomic E-state index is 0.701. The summed E-state index contributed by atoms with van der Waals surface area (Å²) in [5.41, 5.74) is 0.804. The van der Waals surface area contributed by atoms with Crippen LogP contribution in [0, 0.1) is 0 Å². The van der Waals surface area contributed by atoms with Gasteiger partial charge in [0.1, 0.15) is 12.1 Å². The van der Waals surface area contributed by atoms with Crippen LogP contribution in [0.2, 0.25) is 0 Å². The Labute approximate surface area is 115 Å². The molecule has 3 heterocycles. The van der Waals surface area contributed by atoms with Crippen LogP contribution >= 0.6 is 0 Å². The van der Waals surface area contributed by atoms with Gasteiger partial charge in [0.05, 0.1) is 6.20 Å². The van der Waals surface area contributed by atoms with Crippen LogP contribution in [0.3, 0.4) is 0 Å². The summed E-state index contributed by atoms with van der Waals surface area (Å²) in [7, 11) is 3.70. The van der Waals surface area contributed by atoms with Crippen LogP contribution in [-0.2, 0) is 13.5 Å². The van der Waals surface area contributed by atoms with E-state index in [-0.39, 0.29) is 0 Å². The highest BCUT2D eigenvalue weighted by atomic mass is 15.3. The minimum Gasteiger partial charge on any atom is -0.372 e. The van der Waals surface area contributed by atoms with E-state index in [2.05, 4.69) is 30.7 Å². The Morgan fingerprint density at radius 2 is 2.20 bits per heavy atom. The molecule has 0 aliphatic carbocycles. The molecule has 0 aromatic carbocycles. The summed E-state index contributed by atoms with van der Waals surface area (Å²) in [6.07, 6.45) is 7.97. The van der Waals surface area contributed by atoms with Crippen molar-refractivity contribution in [2.45, 2.75) is 6.42 Å². The number of aryl methyl sites for hydroxylation is 1. The molecule has 3 aromatic heterocycles. The van der Waals surface area contributed by atoms with Gasteiger partial charge in [-0.15, -0.1) is 0 Å². The molecule has 0 saturated heterocycles. The summed E-state index contributed by atoms with van der Waals surface area (Å²) in [6, 6.07) is 0. The van der Waals surface area contributed by atoms with Gasteiger partial charge in [0, 0.05) is 39.5 Å². The lowest BCUT2D eigenvalue weighted by molar-refractivity contribution is 0.742. The number of imidazole rings is 1. The van der Waals surface area contributed by atoms with Gasteiger partial charge in [-0.05, 0) is 0 Å². The van der Waals surface area contributed by atoms with Crippen LogP contribution in [0.1, 0.15) is 5.82 Å². The van der Waals surface area contributed by atoms with Crippen molar-refractivity contribution in [1.29, 1.82) is 0 Å². The molecular weight excluding hydrogens is 256 g/mol. The van der Waals surface area contributed by atoms with Gasteiger partial charge < -0.3 is 15.0 Å². The lowest BCUT2D eigenvalue weighted by atomic mass is 10.4. The quantitative estimate of drug-likeness (QED) is 0.705. The molecule has 0 radical (unpaired) electrons. The van der Waals surface area contributed by atoms with E-state index in [1.807, 2.05) is 30.9 Å². The maximum Gasteiger partial charge on any atom is 0.180 e. The standard InChI is InChI=1S/C12H16N8/c1-13-10-7-20-6-5-15-12(20)11(17-10)14-4-3-9-16-8-19(2)18-9/h5-8,13H,3-4H2,1-2H3,(H,14,17). The average Bonchev–Trinajstić information content (AvgIpc) is 3.07. The van der Waals surface area contributed by atoms with Crippen molar-refractivity contribution < 1.29 is 0 Å². The van der Waals surface area contributed by atoms with Crippen molar-refractivity contribution in [2.75, 3.05) is 24.2 Å². The number of aromatic nitrogens is 6. The van der Waals surface area contributed by atoms with Crippen LogP contribution in [0.15, 0.2) is 24.9 Å². The third-order valence-electron chi connectivity index (χ3n) is 2.92. The van der Waals surface area contributed by atoms with Crippen LogP contribution in [0.5, 0.6) is 0 Å². The summed E-state index contributed by atoms with van der Waals surface area (Å²) >= 11 is 0. The third-order valence-corrected chi connectivity index (χ3v) is 2.92. The summed E-state index contributed by atoms with van der Waals surface area (Å²) in [4.78, 5) is 13.0. The molecule has 2 N–H and O–H groups in total. The van der Waals surface area contributed by atoms with Crippen LogP contribution in [0.4, 0.5) is 11.6 Å². The molecule has 0 amide bonds. The number of nitrogens with zero attached hydrogens (tertiary/aromatic N) is 6. The number of fused-ring (bicyclic) bond motifs is 1. The first-order valence-electron chi connectivity index (χ1n) is 6.36. The first-order chi connectivity index (χ1) is 9.76. The molecule has 0 aliphatic rings. The molecule has 0 bridgehead atoms. The van der Waals surface area contributed by atoms with E-state index in [1.165, 1.54) is 0 Å². The molecule has 8 heteroatoms. The Hall–Kier alpha value is -2.64. The fourth-order valence-electron chi connectivity index (χ4n) is 1.96. The zero-order valence-corrected chi connectivity index (χ0v) is 11.4. The molecule has 104 valence electrons. The molecule has 8 nitrogen and oxygen atoms in total. The van der Waals surface area contributed by atoms with Crippen LogP contribution in [0.25, 0.3) is 5.65 Å². The van der Waals surface area contributed by atoms with Crippen molar-refractivity contribution in [3.8, 4) is 0 Å². The molecule has 0 saturated carbocycles. The maximum atomic E-state index is 4.48. The Morgan fingerprint density at radius 1 is 1.30 bits per heavy atom. The molecular formula is C12H16N8. The Bertz CT molecular complexity index is 713. The summed E-state index contributed by atoms with van der Waals surface area (Å²) in [5.74, 6) is 2.34. The third kappa shape index (κ3) is 2.40. The van der Waals surface area contributed by atoms with Crippen LogP contribution < -0.4 is 10.6 Å². The molecule has 0 unspecified atom stereocenters. The van der Waals surface area contributed by atoms with Crippen molar-refractivity contribution in [1.82, 2.24) is 29.1 Å². The van der Waals surface area contributed by atoms with Crippen LogP contribution in [-0.4, -0.2) is 42.7 Å². The predicted molar refractivity (Wildman–Crippen MR) is 75.7 cm³/mol. The van der Waals surface area contributed by atoms with Gasteiger partial charge in [0.2, 0.25) is 0 Å². The Kier molecular flexibility index (Phi) is 3.20. The highest BCUT2D eigenvalue weighted by Crippen LogP contribution is 2.15. The lowest BCUT2D eigenvalue weighted by Crippen LogP contribution is -2.10. The molecule has 3 aromatic rings. The monoisotopic (exact) mass is 272 g/mol. The zero-order valence-electron chi connectivity index (χ0n) is 11.4. The SMILES string of the molecule is CNc1cn2ccnc2c(NCCc2ncn(C)n2)n1. The fourth-order valence-corrected chi connectivity index (χ4v) is 1.96. The number of rotatable bonds is 5. The van der Waals surface area contributed by atoms with Gasteiger partial charge in [-0.25, -0.2) is 15.0 Å².